The van der Waals surface area contributed by atoms with E-state index in [1.165, 1.54) is 11.4 Å². The van der Waals surface area contributed by atoms with Gasteiger partial charge in [0.15, 0.2) is 0 Å². The SMILES string of the molecule is COCCOCCS(=O)(=O)Nc1ccc2c(c1)N(S(C)(=O)=O)CCC2. The van der Waals surface area contributed by atoms with Crippen molar-refractivity contribution in [2.24, 2.45) is 0 Å². The van der Waals surface area contributed by atoms with E-state index >= 15 is 0 Å². The van der Waals surface area contributed by atoms with E-state index in [4.69, 9.17) is 9.47 Å². The van der Waals surface area contributed by atoms with Gasteiger partial charge in [-0.1, -0.05) is 6.07 Å². The van der Waals surface area contributed by atoms with Gasteiger partial charge in [-0.25, -0.2) is 16.8 Å². The molecule has 0 atom stereocenters. The van der Waals surface area contributed by atoms with Gasteiger partial charge >= 0.3 is 0 Å². The van der Waals surface area contributed by atoms with Crippen LogP contribution in [0, 0.1) is 0 Å². The van der Waals surface area contributed by atoms with Crippen molar-refractivity contribution in [2.45, 2.75) is 12.8 Å². The summed E-state index contributed by atoms with van der Waals surface area (Å²) in [5.74, 6) is -0.191. The van der Waals surface area contributed by atoms with Crippen LogP contribution in [0.5, 0.6) is 0 Å². The molecule has 0 saturated carbocycles. The maximum absolute atomic E-state index is 12.1. The maximum atomic E-state index is 12.1. The number of anilines is 2. The minimum atomic E-state index is -3.59. The predicted molar refractivity (Wildman–Crippen MR) is 97.1 cm³/mol. The molecule has 0 aromatic heterocycles. The summed E-state index contributed by atoms with van der Waals surface area (Å²) in [6, 6.07) is 4.98. The largest absolute Gasteiger partial charge is 0.382 e. The predicted octanol–water partition coefficient (Wildman–Crippen LogP) is 0.804. The number of ether oxygens (including phenoxy) is 2. The van der Waals surface area contributed by atoms with E-state index in [2.05, 4.69) is 4.72 Å². The van der Waals surface area contributed by atoms with Crippen LogP contribution in [0.3, 0.4) is 0 Å². The first-order valence-corrected chi connectivity index (χ1v) is 11.4. The lowest BCUT2D eigenvalue weighted by molar-refractivity contribution is 0.0785. The fourth-order valence-electron chi connectivity index (χ4n) is 2.59. The number of rotatable bonds is 9. The highest BCUT2D eigenvalue weighted by molar-refractivity contribution is 7.92. The first kappa shape index (κ1) is 20.0. The van der Waals surface area contributed by atoms with Crippen molar-refractivity contribution >= 4 is 31.4 Å². The zero-order valence-corrected chi connectivity index (χ0v) is 16.0. The van der Waals surface area contributed by atoms with Gasteiger partial charge in [0.1, 0.15) is 0 Å². The fraction of sp³-hybridized carbons (Fsp3) is 0.600. The molecule has 2 rings (SSSR count). The molecule has 0 bridgehead atoms. The van der Waals surface area contributed by atoms with Gasteiger partial charge < -0.3 is 9.47 Å². The number of hydrogen-bond acceptors (Lipinski definition) is 6. The number of nitrogens with one attached hydrogen (secondary N) is 1. The van der Waals surface area contributed by atoms with Gasteiger partial charge in [0.25, 0.3) is 0 Å². The van der Waals surface area contributed by atoms with Gasteiger partial charge in [-0.2, -0.15) is 0 Å². The number of methoxy groups -OCH3 is 1. The summed E-state index contributed by atoms with van der Waals surface area (Å²) in [6.45, 7) is 1.18. The molecule has 0 amide bonds. The van der Waals surface area contributed by atoms with Crippen molar-refractivity contribution in [1.82, 2.24) is 0 Å². The zero-order valence-electron chi connectivity index (χ0n) is 14.4. The van der Waals surface area contributed by atoms with E-state index in [9.17, 15) is 16.8 Å². The Balaban J connectivity index is 2.08. The topological polar surface area (TPSA) is 102 Å². The number of sulfonamides is 2. The third kappa shape index (κ3) is 5.84. The molecule has 142 valence electrons. The van der Waals surface area contributed by atoms with Gasteiger partial charge in [-0.05, 0) is 30.5 Å². The average Bonchev–Trinajstić information content (AvgIpc) is 2.52. The first-order chi connectivity index (χ1) is 11.7. The quantitative estimate of drug-likeness (QED) is 0.624. The van der Waals surface area contributed by atoms with E-state index in [0.29, 0.717) is 31.1 Å². The number of nitrogens with zero attached hydrogens (tertiary/aromatic N) is 1. The normalized spacial score (nSPS) is 15.0. The van der Waals surface area contributed by atoms with E-state index in [-0.39, 0.29) is 12.4 Å². The Bertz CT molecular complexity index is 792. The van der Waals surface area contributed by atoms with Crippen molar-refractivity contribution in [3.8, 4) is 0 Å². The molecule has 0 aliphatic carbocycles. The highest BCUT2D eigenvalue weighted by atomic mass is 32.2. The van der Waals surface area contributed by atoms with Crippen LogP contribution in [-0.2, 0) is 35.9 Å². The molecule has 1 N–H and O–H groups in total. The van der Waals surface area contributed by atoms with Crippen LogP contribution in [0.4, 0.5) is 11.4 Å². The second-order valence-electron chi connectivity index (χ2n) is 5.81. The second kappa shape index (κ2) is 8.35. The van der Waals surface area contributed by atoms with Crippen molar-refractivity contribution in [1.29, 1.82) is 0 Å². The average molecular weight is 392 g/mol. The molecule has 25 heavy (non-hydrogen) atoms. The van der Waals surface area contributed by atoms with Crippen molar-refractivity contribution in [3.63, 3.8) is 0 Å². The lowest BCUT2D eigenvalue weighted by Gasteiger charge is -2.29. The minimum absolute atomic E-state index is 0.0547. The summed E-state index contributed by atoms with van der Waals surface area (Å²) in [4.78, 5) is 0. The number of hydrogen-bond donors (Lipinski definition) is 1. The monoisotopic (exact) mass is 392 g/mol. The van der Waals surface area contributed by atoms with Gasteiger partial charge in [0.05, 0.1) is 43.2 Å². The third-order valence-electron chi connectivity index (χ3n) is 3.76. The van der Waals surface area contributed by atoms with Crippen LogP contribution < -0.4 is 9.03 Å². The maximum Gasteiger partial charge on any atom is 0.235 e. The molecule has 1 aromatic carbocycles. The van der Waals surface area contributed by atoms with E-state index < -0.39 is 20.0 Å². The number of aryl methyl sites for hydroxylation is 1. The standard InChI is InChI=1S/C15H24N2O6S2/c1-22-8-9-23-10-11-25(20,21)16-14-6-5-13-4-3-7-17(15(13)12-14)24(2,18)19/h5-6,12,16H,3-4,7-11H2,1-2H3. The zero-order chi connectivity index (χ0) is 18.5. The highest BCUT2D eigenvalue weighted by Gasteiger charge is 2.24. The van der Waals surface area contributed by atoms with Crippen LogP contribution in [0.25, 0.3) is 0 Å². The second-order valence-corrected chi connectivity index (χ2v) is 9.56. The summed E-state index contributed by atoms with van der Waals surface area (Å²) in [5.41, 5.74) is 1.76. The Labute approximate surface area is 149 Å². The fourth-order valence-corrected chi connectivity index (χ4v) is 4.51. The molecule has 1 aromatic rings. The minimum Gasteiger partial charge on any atom is -0.382 e. The van der Waals surface area contributed by atoms with E-state index in [0.717, 1.165) is 24.7 Å². The van der Waals surface area contributed by atoms with Crippen LogP contribution in [-0.4, -0.2) is 62.3 Å². The van der Waals surface area contributed by atoms with Crippen molar-refractivity contribution in [2.75, 3.05) is 54.5 Å². The number of fused-ring (bicyclic) bond motifs is 1. The van der Waals surface area contributed by atoms with E-state index in [1.54, 1.807) is 18.2 Å². The molecule has 0 unspecified atom stereocenters. The lowest BCUT2D eigenvalue weighted by Crippen LogP contribution is -2.34. The lowest BCUT2D eigenvalue weighted by atomic mass is 10.0. The summed E-state index contributed by atoms with van der Waals surface area (Å²) < 4.78 is 61.9. The van der Waals surface area contributed by atoms with Crippen LogP contribution in [0.15, 0.2) is 18.2 Å². The van der Waals surface area contributed by atoms with Crippen molar-refractivity contribution in [3.05, 3.63) is 23.8 Å². The molecule has 1 heterocycles. The Morgan fingerprint density at radius 2 is 1.92 bits per heavy atom. The molecule has 0 saturated heterocycles. The Kier molecular flexibility index (Phi) is 6.66. The van der Waals surface area contributed by atoms with E-state index in [1.807, 2.05) is 0 Å². The summed E-state index contributed by atoms with van der Waals surface area (Å²) in [5, 5.41) is 0. The molecule has 1 aliphatic rings. The van der Waals surface area contributed by atoms with Crippen LogP contribution in [0.1, 0.15) is 12.0 Å². The van der Waals surface area contributed by atoms with Crippen LogP contribution in [0.2, 0.25) is 0 Å². The summed E-state index contributed by atoms with van der Waals surface area (Å²) >= 11 is 0. The molecule has 1 aliphatic heterocycles. The molecule has 0 fully saturated rings. The molecule has 10 heteroatoms. The Morgan fingerprint density at radius 3 is 2.60 bits per heavy atom. The van der Waals surface area contributed by atoms with Gasteiger partial charge in [0, 0.05) is 13.7 Å². The molecular formula is C15H24N2O6S2. The molecule has 0 spiro atoms. The first-order valence-electron chi connectivity index (χ1n) is 7.91. The summed E-state index contributed by atoms with van der Waals surface area (Å²) in [7, 11) is -5.44. The Morgan fingerprint density at radius 1 is 1.16 bits per heavy atom. The Hall–Kier alpha value is -1.36. The number of benzene rings is 1. The molecule has 8 nitrogen and oxygen atoms in total. The highest BCUT2D eigenvalue weighted by Crippen LogP contribution is 2.31. The van der Waals surface area contributed by atoms with Crippen molar-refractivity contribution < 1.29 is 26.3 Å². The third-order valence-corrected chi connectivity index (χ3v) is 6.19. The summed E-state index contributed by atoms with van der Waals surface area (Å²) in [6.07, 6.45) is 2.65. The van der Waals surface area contributed by atoms with Gasteiger partial charge in [0.2, 0.25) is 20.0 Å². The van der Waals surface area contributed by atoms with Crippen LogP contribution >= 0.6 is 0 Å². The van der Waals surface area contributed by atoms with Gasteiger partial charge in [-0.3, -0.25) is 9.03 Å². The van der Waals surface area contributed by atoms with Gasteiger partial charge in [-0.15, -0.1) is 0 Å². The molecular weight excluding hydrogens is 368 g/mol. The molecule has 0 radical (unpaired) electrons. The smallest absolute Gasteiger partial charge is 0.235 e.